The maximum atomic E-state index is 11.3. The van der Waals surface area contributed by atoms with Crippen molar-refractivity contribution in [3.05, 3.63) is 33.9 Å². The van der Waals surface area contributed by atoms with Gasteiger partial charge >= 0.3 is 17.6 Å². The third kappa shape index (κ3) is 3.44. The Morgan fingerprint density at radius 1 is 1.25 bits per heavy atom. The van der Waals surface area contributed by atoms with Crippen molar-refractivity contribution in [2.75, 3.05) is 14.2 Å². The zero-order chi connectivity index (χ0) is 15.3. The van der Waals surface area contributed by atoms with Gasteiger partial charge in [0.2, 0.25) is 0 Å². The van der Waals surface area contributed by atoms with Crippen LogP contribution in [0.25, 0.3) is 0 Å². The van der Waals surface area contributed by atoms with Gasteiger partial charge in [0, 0.05) is 6.07 Å². The maximum Gasteiger partial charge on any atom is 0.346 e. The summed E-state index contributed by atoms with van der Waals surface area (Å²) < 4.78 is 14.1. The Labute approximate surface area is 114 Å². The number of rotatable bonds is 5. The van der Waals surface area contributed by atoms with Crippen molar-refractivity contribution >= 4 is 17.6 Å². The number of nitro benzene ring substituents is 1. The third-order valence-corrected chi connectivity index (χ3v) is 2.41. The van der Waals surface area contributed by atoms with Gasteiger partial charge < -0.3 is 14.2 Å². The minimum Gasteiger partial charge on any atom is -0.472 e. The van der Waals surface area contributed by atoms with Gasteiger partial charge in [-0.3, -0.25) is 10.1 Å². The van der Waals surface area contributed by atoms with E-state index < -0.39 is 28.7 Å². The molecule has 0 spiro atoms. The minimum absolute atomic E-state index is 0.0114. The Balaban J connectivity index is 3.11. The molecule has 1 rings (SSSR count). The van der Waals surface area contributed by atoms with E-state index in [4.69, 9.17) is 4.74 Å². The van der Waals surface area contributed by atoms with Gasteiger partial charge in [-0.05, 0) is 19.1 Å². The van der Waals surface area contributed by atoms with E-state index >= 15 is 0 Å². The largest absolute Gasteiger partial charge is 0.472 e. The summed E-state index contributed by atoms with van der Waals surface area (Å²) in [5.74, 6) is -1.52. The standard InChI is InChI=1S/C12H13NO7/c1-7(11(14)18-2)20-10-5-4-8(12(15)19-3)6-9(10)13(16)17/h4-7H,1-3H3/t7-/m0/s1. The zero-order valence-electron chi connectivity index (χ0n) is 11.1. The van der Waals surface area contributed by atoms with Gasteiger partial charge in [-0.2, -0.15) is 0 Å². The van der Waals surface area contributed by atoms with E-state index in [0.29, 0.717) is 0 Å². The number of hydrogen-bond donors (Lipinski definition) is 0. The molecule has 0 unspecified atom stereocenters. The molecule has 0 aromatic heterocycles. The van der Waals surface area contributed by atoms with Crippen LogP contribution in [0.3, 0.4) is 0 Å². The molecule has 0 saturated heterocycles. The van der Waals surface area contributed by atoms with Gasteiger partial charge in [0.25, 0.3) is 0 Å². The predicted molar refractivity (Wildman–Crippen MR) is 66.5 cm³/mol. The molecule has 1 aromatic carbocycles. The highest BCUT2D eigenvalue weighted by molar-refractivity contribution is 5.90. The summed E-state index contributed by atoms with van der Waals surface area (Å²) in [5, 5.41) is 11.0. The van der Waals surface area contributed by atoms with Crippen molar-refractivity contribution in [1.82, 2.24) is 0 Å². The van der Waals surface area contributed by atoms with E-state index in [2.05, 4.69) is 9.47 Å². The minimum atomic E-state index is -1.01. The third-order valence-electron chi connectivity index (χ3n) is 2.41. The van der Waals surface area contributed by atoms with Gasteiger partial charge in [0.1, 0.15) is 0 Å². The monoisotopic (exact) mass is 283 g/mol. The lowest BCUT2D eigenvalue weighted by Crippen LogP contribution is -2.25. The predicted octanol–water partition coefficient (Wildman–Crippen LogP) is 1.32. The first-order valence-corrected chi connectivity index (χ1v) is 5.52. The molecule has 108 valence electrons. The summed E-state index contributed by atoms with van der Waals surface area (Å²) in [7, 11) is 2.34. The molecule has 0 aliphatic heterocycles. The van der Waals surface area contributed by atoms with Crippen LogP contribution in [0.1, 0.15) is 17.3 Å². The van der Waals surface area contributed by atoms with E-state index in [1.807, 2.05) is 0 Å². The van der Waals surface area contributed by atoms with Crippen LogP contribution in [0, 0.1) is 10.1 Å². The first kappa shape index (κ1) is 15.4. The number of esters is 2. The smallest absolute Gasteiger partial charge is 0.346 e. The average Bonchev–Trinajstić information content (AvgIpc) is 2.45. The molecule has 0 amide bonds. The number of ether oxygens (including phenoxy) is 3. The highest BCUT2D eigenvalue weighted by Crippen LogP contribution is 2.29. The fraction of sp³-hybridized carbons (Fsp3) is 0.333. The van der Waals surface area contributed by atoms with E-state index in [0.717, 1.165) is 13.2 Å². The highest BCUT2D eigenvalue weighted by Gasteiger charge is 2.23. The quantitative estimate of drug-likeness (QED) is 0.456. The van der Waals surface area contributed by atoms with Crippen molar-refractivity contribution in [2.24, 2.45) is 0 Å². The second-order valence-corrected chi connectivity index (χ2v) is 3.71. The molecule has 1 atom stereocenters. The Morgan fingerprint density at radius 2 is 1.90 bits per heavy atom. The van der Waals surface area contributed by atoms with Crippen molar-refractivity contribution in [3.63, 3.8) is 0 Å². The van der Waals surface area contributed by atoms with Crippen molar-refractivity contribution in [1.29, 1.82) is 0 Å². The lowest BCUT2D eigenvalue weighted by molar-refractivity contribution is -0.386. The Kier molecular flexibility index (Phi) is 5.01. The first-order valence-electron chi connectivity index (χ1n) is 5.52. The summed E-state index contributed by atoms with van der Waals surface area (Å²) in [5.41, 5.74) is -0.430. The molecule has 0 fully saturated rings. The van der Waals surface area contributed by atoms with Gasteiger partial charge in [0.05, 0.1) is 24.7 Å². The van der Waals surface area contributed by atoms with Crippen LogP contribution in [-0.2, 0) is 14.3 Å². The number of carbonyl (C=O) groups is 2. The number of nitro groups is 1. The second kappa shape index (κ2) is 6.50. The van der Waals surface area contributed by atoms with E-state index in [9.17, 15) is 19.7 Å². The summed E-state index contributed by atoms with van der Waals surface area (Å²) in [6, 6.07) is 3.55. The van der Waals surface area contributed by atoms with Crippen LogP contribution in [0.2, 0.25) is 0 Å². The normalized spacial score (nSPS) is 11.3. The Hall–Kier alpha value is -2.64. The second-order valence-electron chi connectivity index (χ2n) is 3.71. The SMILES string of the molecule is COC(=O)c1ccc(O[C@@H](C)C(=O)OC)c([N+](=O)[O-])c1. The summed E-state index contributed by atoms with van der Waals surface area (Å²) in [4.78, 5) is 32.8. The molecule has 8 nitrogen and oxygen atoms in total. The molecular formula is C12H13NO7. The summed E-state index contributed by atoms with van der Waals surface area (Å²) in [6.45, 7) is 1.39. The number of carbonyl (C=O) groups excluding carboxylic acids is 2. The number of benzene rings is 1. The molecule has 0 radical (unpaired) electrons. The molecule has 0 aliphatic carbocycles. The highest BCUT2D eigenvalue weighted by atomic mass is 16.6. The number of methoxy groups -OCH3 is 2. The molecule has 0 bridgehead atoms. The molecule has 0 heterocycles. The van der Waals surface area contributed by atoms with E-state index in [-0.39, 0.29) is 11.3 Å². The Morgan fingerprint density at radius 3 is 2.40 bits per heavy atom. The summed E-state index contributed by atoms with van der Waals surface area (Å²) >= 11 is 0. The number of nitrogens with zero attached hydrogens (tertiary/aromatic N) is 1. The topological polar surface area (TPSA) is 105 Å². The fourth-order valence-corrected chi connectivity index (χ4v) is 1.41. The lowest BCUT2D eigenvalue weighted by Gasteiger charge is -2.12. The zero-order valence-corrected chi connectivity index (χ0v) is 11.1. The maximum absolute atomic E-state index is 11.3. The molecule has 0 N–H and O–H groups in total. The molecular weight excluding hydrogens is 270 g/mol. The Bertz CT molecular complexity index is 541. The molecule has 1 aromatic rings. The van der Waals surface area contributed by atoms with Crippen LogP contribution in [-0.4, -0.2) is 37.2 Å². The summed E-state index contributed by atoms with van der Waals surface area (Å²) in [6.07, 6.45) is -1.01. The molecule has 0 saturated carbocycles. The van der Waals surface area contributed by atoms with Crippen LogP contribution in [0.15, 0.2) is 18.2 Å². The van der Waals surface area contributed by atoms with Crippen molar-refractivity contribution in [2.45, 2.75) is 13.0 Å². The van der Waals surface area contributed by atoms with Crippen molar-refractivity contribution in [3.8, 4) is 5.75 Å². The first-order chi connectivity index (χ1) is 9.40. The molecule has 0 aliphatic rings. The molecule has 20 heavy (non-hydrogen) atoms. The number of hydrogen-bond acceptors (Lipinski definition) is 7. The molecule has 8 heteroatoms. The van der Waals surface area contributed by atoms with Gasteiger partial charge in [0.15, 0.2) is 11.9 Å². The van der Waals surface area contributed by atoms with Gasteiger partial charge in [-0.25, -0.2) is 9.59 Å². The van der Waals surface area contributed by atoms with Crippen LogP contribution in [0.4, 0.5) is 5.69 Å². The van der Waals surface area contributed by atoms with Crippen LogP contribution >= 0.6 is 0 Å². The van der Waals surface area contributed by atoms with Gasteiger partial charge in [-0.15, -0.1) is 0 Å². The van der Waals surface area contributed by atoms with Crippen molar-refractivity contribution < 1.29 is 28.7 Å². The van der Waals surface area contributed by atoms with Crippen LogP contribution in [0.5, 0.6) is 5.75 Å². The lowest BCUT2D eigenvalue weighted by atomic mass is 10.2. The van der Waals surface area contributed by atoms with E-state index in [1.54, 1.807) is 0 Å². The average molecular weight is 283 g/mol. The fourth-order valence-electron chi connectivity index (χ4n) is 1.41. The van der Waals surface area contributed by atoms with Crippen LogP contribution < -0.4 is 4.74 Å². The van der Waals surface area contributed by atoms with E-state index in [1.165, 1.54) is 26.2 Å². The van der Waals surface area contributed by atoms with Gasteiger partial charge in [-0.1, -0.05) is 0 Å².